The van der Waals surface area contributed by atoms with Crippen LogP contribution in [0, 0.1) is 0 Å². The first-order chi connectivity index (χ1) is 8.37. The van der Waals surface area contributed by atoms with Crippen LogP contribution in [0.1, 0.15) is 32.8 Å². The van der Waals surface area contributed by atoms with Gasteiger partial charge >= 0.3 is 0 Å². The van der Waals surface area contributed by atoms with Crippen LogP contribution in [0.3, 0.4) is 0 Å². The third kappa shape index (κ3) is 3.71. The Morgan fingerprint density at radius 1 is 1.33 bits per heavy atom. The average Bonchev–Trinajstić information content (AvgIpc) is 2.28. The number of hydrogen-bond acceptors (Lipinski definition) is 3. The summed E-state index contributed by atoms with van der Waals surface area (Å²) in [5.41, 5.74) is 7.29. The summed E-state index contributed by atoms with van der Waals surface area (Å²) >= 11 is 0. The van der Waals surface area contributed by atoms with Gasteiger partial charge in [-0.05, 0) is 38.0 Å². The predicted molar refractivity (Wildman–Crippen MR) is 75.6 cm³/mol. The molecular formula is C13H22N2O2S. The van der Waals surface area contributed by atoms with Crippen molar-refractivity contribution in [3.63, 3.8) is 0 Å². The zero-order valence-corrected chi connectivity index (χ0v) is 12.1. The predicted octanol–water partition coefficient (Wildman–Crippen LogP) is 2.22. The Balaban J connectivity index is 2.94. The van der Waals surface area contributed by atoms with E-state index in [9.17, 15) is 8.42 Å². The molecule has 0 aliphatic rings. The van der Waals surface area contributed by atoms with Gasteiger partial charge in [-0.25, -0.2) is 8.42 Å². The SMILES string of the molecule is CCCN(Cc1cccc(N)c1)S(=O)(=O)C(C)C. The Labute approximate surface area is 110 Å². The van der Waals surface area contributed by atoms with Gasteiger partial charge in [-0.15, -0.1) is 0 Å². The lowest BCUT2D eigenvalue weighted by molar-refractivity contribution is 0.401. The maximum absolute atomic E-state index is 12.2. The summed E-state index contributed by atoms with van der Waals surface area (Å²) in [5.74, 6) is 0. The zero-order valence-electron chi connectivity index (χ0n) is 11.3. The number of nitrogens with two attached hydrogens (primary N) is 1. The van der Waals surface area contributed by atoms with E-state index in [1.165, 1.54) is 4.31 Å². The van der Waals surface area contributed by atoms with Crippen LogP contribution in [0.4, 0.5) is 5.69 Å². The molecule has 0 aliphatic carbocycles. The summed E-state index contributed by atoms with van der Waals surface area (Å²) in [7, 11) is -3.22. The van der Waals surface area contributed by atoms with Gasteiger partial charge in [-0.3, -0.25) is 0 Å². The highest BCUT2D eigenvalue weighted by Crippen LogP contribution is 2.16. The van der Waals surface area contributed by atoms with E-state index in [1.807, 2.05) is 25.1 Å². The molecule has 1 rings (SSSR count). The first-order valence-corrected chi connectivity index (χ1v) is 7.71. The lowest BCUT2D eigenvalue weighted by Crippen LogP contribution is -2.36. The zero-order chi connectivity index (χ0) is 13.8. The molecule has 4 nitrogen and oxygen atoms in total. The Kier molecular flexibility index (Phi) is 5.16. The molecule has 1 aromatic rings. The third-order valence-electron chi connectivity index (χ3n) is 2.74. The summed E-state index contributed by atoms with van der Waals surface area (Å²) in [6, 6.07) is 7.36. The molecule has 0 atom stereocenters. The van der Waals surface area contributed by atoms with Crippen molar-refractivity contribution in [1.82, 2.24) is 4.31 Å². The van der Waals surface area contributed by atoms with E-state index in [0.717, 1.165) is 12.0 Å². The number of hydrogen-bond donors (Lipinski definition) is 1. The maximum atomic E-state index is 12.2. The first kappa shape index (κ1) is 15.0. The van der Waals surface area contributed by atoms with Gasteiger partial charge in [-0.1, -0.05) is 19.1 Å². The van der Waals surface area contributed by atoms with E-state index in [2.05, 4.69) is 0 Å². The summed E-state index contributed by atoms with van der Waals surface area (Å²) in [5, 5.41) is -0.398. The molecule has 5 heteroatoms. The van der Waals surface area contributed by atoms with Crippen molar-refractivity contribution in [3.05, 3.63) is 29.8 Å². The Hall–Kier alpha value is -1.07. The minimum absolute atomic E-state index is 0.388. The quantitative estimate of drug-likeness (QED) is 0.806. The van der Waals surface area contributed by atoms with Gasteiger partial charge in [0.15, 0.2) is 0 Å². The topological polar surface area (TPSA) is 63.4 Å². The molecule has 0 heterocycles. The molecule has 0 spiro atoms. The summed E-state index contributed by atoms with van der Waals surface area (Å²) < 4.78 is 25.9. The van der Waals surface area contributed by atoms with Crippen LogP contribution < -0.4 is 5.73 Å². The van der Waals surface area contributed by atoms with Gasteiger partial charge in [0.25, 0.3) is 0 Å². The molecule has 18 heavy (non-hydrogen) atoms. The molecule has 0 aromatic heterocycles. The van der Waals surface area contributed by atoms with Crippen molar-refractivity contribution in [2.45, 2.75) is 39.0 Å². The molecule has 0 radical (unpaired) electrons. The highest BCUT2D eigenvalue weighted by Gasteiger charge is 2.24. The standard InChI is InChI=1S/C13H22N2O2S/c1-4-8-15(18(16,17)11(2)3)10-12-6-5-7-13(14)9-12/h5-7,9,11H,4,8,10,14H2,1-3H3. The van der Waals surface area contributed by atoms with Crippen LogP contribution in [0.15, 0.2) is 24.3 Å². The summed E-state index contributed by atoms with van der Waals surface area (Å²) in [6.07, 6.45) is 0.800. The third-order valence-corrected chi connectivity index (χ3v) is 4.96. The fourth-order valence-corrected chi connectivity index (χ4v) is 3.10. The number of rotatable bonds is 6. The molecule has 0 aliphatic heterocycles. The van der Waals surface area contributed by atoms with Gasteiger partial charge in [-0.2, -0.15) is 4.31 Å². The van der Waals surface area contributed by atoms with Gasteiger partial charge in [0.2, 0.25) is 10.0 Å². The molecule has 0 saturated heterocycles. The fourth-order valence-electron chi connectivity index (χ4n) is 1.74. The van der Waals surface area contributed by atoms with E-state index in [4.69, 9.17) is 5.73 Å². The number of nitrogen functional groups attached to an aromatic ring is 1. The number of sulfonamides is 1. The van der Waals surface area contributed by atoms with Crippen molar-refractivity contribution >= 4 is 15.7 Å². The van der Waals surface area contributed by atoms with E-state index in [0.29, 0.717) is 18.8 Å². The van der Waals surface area contributed by atoms with Crippen molar-refractivity contribution < 1.29 is 8.42 Å². The Morgan fingerprint density at radius 3 is 2.50 bits per heavy atom. The number of anilines is 1. The highest BCUT2D eigenvalue weighted by atomic mass is 32.2. The van der Waals surface area contributed by atoms with E-state index >= 15 is 0 Å². The van der Waals surface area contributed by atoms with Gasteiger partial charge in [0.1, 0.15) is 0 Å². The second-order valence-electron chi connectivity index (χ2n) is 4.67. The van der Waals surface area contributed by atoms with Gasteiger partial charge in [0, 0.05) is 18.8 Å². The second-order valence-corrected chi connectivity index (χ2v) is 7.16. The Morgan fingerprint density at radius 2 is 2.00 bits per heavy atom. The minimum Gasteiger partial charge on any atom is -0.399 e. The molecule has 0 fully saturated rings. The van der Waals surface area contributed by atoms with E-state index in [-0.39, 0.29) is 0 Å². The monoisotopic (exact) mass is 270 g/mol. The molecule has 0 amide bonds. The number of nitrogens with zero attached hydrogens (tertiary/aromatic N) is 1. The molecule has 0 bridgehead atoms. The molecule has 0 saturated carbocycles. The van der Waals surface area contributed by atoms with E-state index in [1.54, 1.807) is 19.9 Å². The smallest absolute Gasteiger partial charge is 0.216 e. The van der Waals surface area contributed by atoms with Crippen molar-refractivity contribution in [3.8, 4) is 0 Å². The molecule has 0 unspecified atom stereocenters. The molecule has 102 valence electrons. The average molecular weight is 270 g/mol. The van der Waals surface area contributed by atoms with Crippen molar-refractivity contribution in [2.24, 2.45) is 0 Å². The first-order valence-electron chi connectivity index (χ1n) is 6.21. The van der Waals surface area contributed by atoms with Crippen LogP contribution >= 0.6 is 0 Å². The minimum atomic E-state index is -3.22. The molecule has 2 N–H and O–H groups in total. The van der Waals surface area contributed by atoms with Crippen LogP contribution in [0.25, 0.3) is 0 Å². The maximum Gasteiger partial charge on any atom is 0.216 e. The molecular weight excluding hydrogens is 248 g/mol. The Bertz CT molecular complexity index is 484. The van der Waals surface area contributed by atoms with Crippen molar-refractivity contribution in [1.29, 1.82) is 0 Å². The largest absolute Gasteiger partial charge is 0.399 e. The second kappa shape index (κ2) is 6.20. The normalized spacial score (nSPS) is 12.3. The highest BCUT2D eigenvalue weighted by molar-refractivity contribution is 7.89. The summed E-state index contributed by atoms with van der Waals surface area (Å²) in [6.45, 7) is 6.31. The van der Waals surface area contributed by atoms with Gasteiger partial charge in [0.05, 0.1) is 5.25 Å². The van der Waals surface area contributed by atoms with Gasteiger partial charge < -0.3 is 5.73 Å². The van der Waals surface area contributed by atoms with Crippen LogP contribution in [0.2, 0.25) is 0 Å². The fraction of sp³-hybridized carbons (Fsp3) is 0.538. The summed E-state index contributed by atoms with van der Waals surface area (Å²) in [4.78, 5) is 0. The van der Waals surface area contributed by atoms with Crippen LogP contribution in [-0.4, -0.2) is 24.5 Å². The lowest BCUT2D eigenvalue weighted by atomic mass is 10.2. The molecule has 1 aromatic carbocycles. The van der Waals surface area contributed by atoms with Crippen LogP contribution in [0.5, 0.6) is 0 Å². The number of benzene rings is 1. The van der Waals surface area contributed by atoms with Crippen LogP contribution in [-0.2, 0) is 16.6 Å². The lowest BCUT2D eigenvalue weighted by Gasteiger charge is -2.24. The van der Waals surface area contributed by atoms with E-state index < -0.39 is 15.3 Å². The van der Waals surface area contributed by atoms with Crippen molar-refractivity contribution in [2.75, 3.05) is 12.3 Å².